The Bertz CT molecular complexity index is 1180. The van der Waals surface area contributed by atoms with Crippen LogP contribution in [0.1, 0.15) is 51.7 Å². The highest BCUT2D eigenvalue weighted by atomic mass is 16.5. The summed E-state index contributed by atoms with van der Waals surface area (Å²) in [5, 5.41) is 0. The average molecular weight is 538 g/mol. The second kappa shape index (κ2) is 11.8. The predicted molar refractivity (Wildman–Crippen MR) is 151 cm³/mol. The number of allylic oxidation sites excluding steroid dienone is 4. The minimum Gasteiger partial charge on any atom is -0.501 e. The maximum atomic E-state index is 13.9. The summed E-state index contributed by atoms with van der Waals surface area (Å²) in [6, 6.07) is 3.98. The average Bonchev–Trinajstić information content (AvgIpc) is 3.13. The molecule has 0 N–H and O–H groups in total. The third kappa shape index (κ3) is 5.38. The first-order chi connectivity index (χ1) is 18.7. The molecule has 0 saturated carbocycles. The molecule has 3 heterocycles. The number of ether oxygens (including phenoxy) is 3. The molecule has 0 aliphatic carbocycles. The van der Waals surface area contributed by atoms with Crippen LogP contribution in [0.25, 0.3) is 0 Å². The number of likely N-dealkylation sites (N-methyl/N-ethyl adjacent to an activating group) is 1. The first-order valence-corrected chi connectivity index (χ1v) is 13.9. The summed E-state index contributed by atoms with van der Waals surface area (Å²) < 4.78 is 16.4. The van der Waals surface area contributed by atoms with Crippen molar-refractivity contribution in [1.82, 2.24) is 14.7 Å². The molecule has 0 radical (unpaired) electrons. The summed E-state index contributed by atoms with van der Waals surface area (Å²) in [5.74, 6) is 2.40. The van der Waals surface area contributed by atoms with Gasteiger partial charge >= 0.3 is 6.03 Å². The molecule has 8 nitrogen and oxygen atoms in total. The van der Waals surface area contributed by atoms with Crippen LogP contribution in [-0.4, -0.2) is 73.1 Å². The number of piperidine rings is 1. The standard InChI is InChI=1S/C31H43N3O5/c1-8-34-30(36)33-20-24-18-25(38-6)19-27(39-7)26(24)16-21(2)17-28(33)31(34)12-14-32(15-13-31)29(35)22(3)10-9-11-23(4)37-5/h9-11,17-19,21-22H,8,12-16,20H2,1-7H3/b10-9-,23-11+,28-17-/t21-,22?/m1/s1. The number of nitrogens with zero attached hydrogens (tertiary/aromatic N) is 3. The van der Waals surface area contributed by atoms with E-state index in [1.54, 1.807) is 21.3 Å². The lowest BCUT2D eigenvalue weighted by Crippen LogP contribution is -2.55. The van der Waals surface area contributed by atoms with E-state index in [-0.39, 0.29) is 23.8 Å². The summed E-state index contributed by atoms with van der Waals surface area (Å²) in [5.41, 5.74) is 2.84. The fraction of sp³-hybridized carbons (Fsp3) is 0.548. The van der Waals surface area contributed by atoms with Crippen LogP contribution in [-0.2, 0) is 22.5 Å². The first-order valence-electron chi connectivity index (χ1n) is 13.9. The Kier molecular flexibility index (Phi) is 8.62. The van der Waals surface area contributed by atoms with E-state index >= 15 is 0 Å². The van der Waals surface area contributed by atoms with Gasteiger partial charge in [-0.3, -0.25) is 9.69 Å². The lowest BCUT2D eigenvalue weighted by atomic mass is 9.80. The van der Waals surface area contributed by atoms with Gasteiger partial charge in [0.1, 0.15) is 11.5 Å². The van der Waals surface area contributed by atoms with Gasteiger partial charge in [-0.15, -0.1) is 0 Å². The summed E-state index contributed by atoms with van der Waals surface area (Å²) in [4.78, 5) is 33.1. The van der Waals surface area contributed by atoms with Crippen molar-refractivity contribution >= 4 is 11.9 Å². The van der Waals surface area contributed by atoms with Crippen molar-refractivity contribution in [1.29, 1.82) is 0 Å². The van der Waals surface area contributed by atoms with E-state index in [2.05, 4.69) is 13.0 Å². The van der Waals surface area contributed by atoms with E-state index < -0.39 is 5.54 Å². The second-order valence-corrected chi connectivity index (χ2v) is 10.8. The molecule has 0 bridgehead atoms. The predicted octanol–water partition coefficient (Wildman–Crippen LogP) is 5.14. The summed E-state index contributed by atoms with van der Waals surface area (Å²) in [6.07, 6.45) is 10.2. The highest BCUT2D eigenvalue weighted by Gasteiger charge is 2.54. The molecule has 4 rings (SSSR count). The van der Waals surface area contributed by atoms with Gasteiger partial charge in [0.25, 0.3) is 0 Å². The maximum Gasteiger partial charge on any atom is 0.325 e. The van der Waals surface area contributed by atoms with Gasteiger partial charge in [-0.25, -0.2) is 4.79 Å². The lowest BCUT2D eigenvalue weighted by molar-refractivity contribution is -0.135. The number of rotatable bonds is 7. The molecule has 8 heteroatoms. The van der Waals surface area contributed by atoms with E-state index in [0.717, 1.165) is 53.3 Å². The van der Waals surface area contributed by atoms with Crippen LogP contribution < -0.4 is 9.47 Å². The zero-order valence-corrected chi connectivity index (χ0v) is 24.5. The largest absolute Gasteiger partial charge is 0.501 e. The molecule has 0 aromatic heterocycles. The fourth-order valence-corrected chi connectivity index (χ4v) is 6.24. The zero-order valence-electron chi connectivity index (χ0n) is 24.5. The van der Waals surface area contributed by atoms with Crippen molar-refractivity contribution in [2.75, 3.05) is 41.0 Å². The van der Waals surface area contributed by atoms with E-state index in [1.807, 2.05) is 65.8 Å². The highest BCUT2D eigenvalue weighted by molar-refractivity contribution is 5.83. The monoisotopic (exact) mass is 537 g/mol. The number of methoxy groups -OCH3 is 3. The highest BCUT2D eigenvalue weighted by Crippen LogP contribution is 2.47. The molecule has 3 aliphatic heterocycles. The van der Waals surface area contributed by atoms with Crippen LogP contribution in [0.3, 0.4) is 0 Å². The van der Waals surface area contributed by atoms with Crippen molar-refractivity contribution in [3.05, 3.63) is 59.0 Å². The molecule has 1 unspecified atom stereocenters. The number of hydrogen-bond acceptors (Lipinski definition) is 5. The molecule has 1 spiro atoms. The van der Waals surface area contributed by atoms with Gasteiger partial charge in [-0.1, -0.05) is 32.1 Å². The molecular weight excluding hydrogens is 494 g/mol. The van der Waals surface area contributed by atoms with E-state index in [4.69, 9.17) is 14.2 Å². The number of hydrogen-bond donors (Lipinski definition) is 0. The SMILES string of the molecule is CCN1C(=O)N2Cc3cc(OC)cc(OC)c3C[C@@H](C)/C=C\2C12CCN(C(=O)C(C)/C=C\C=C(/C)OC)CC2. The number of benzene rings is 1. The topological polar surface area (TPSA) is 71.6 Å². The molecule has 1 aromatic carbocycles. The van der Waals surface area contributed by atoms with Crippen LogP contribution in [0.2, 0.25) is 0 Å². The second-order valence-electron chi connectivity index (χ2n) is 10.8. The Hall–Kier alpha value is -3.42. The number of amides is 3. The molecule has 39 heavy (non-hydrogen) atoms. The minimum absolute atomic E-state index is 0.0296. The van der Waals surface area contributed by atoms with Crippen molar-refractivity contribution in [2.45, 2.75) is 59.0 Å². The molecule has 3 aliphatic rings. The molecule has 1 aromatic rings. The molecule has 212 valence electrons. The van der Waals surface area contributed by atoms with Gasteiger partial charge in [0, 0.05) is 31.4 Å². The van der Waals surface area contributed by atoms with Gasteiger partial charge in [0.15, 0.2) is 0 Å². The normalized spacial score (nSPS) is 23.1. The van der Waals surface area contributed by atoms with Crippen molar-refractivity contribution in [3.63, 3.8) is 0 Å². The van der Waals surface area contributed by atoms with Crippen molar-refractivity contribution in [3.8, 4) is 11.5 Å². The lowest BCUT2D eigenvalue weighted by Gasteiger charge is -2.45. The molecule has 3 amide bonds. The van der Waals surface area contributed by atoms with Crippen LogP contribution >= 0.6 is 0 Å². The number of urea groups is 1. The quantitative estimate of drug-likeness (QED) is 0.356. The van der Waals surface area contributed by atoms with Gasteiger partial charge in [-0.2, -0.15) is 0 Å². The summed E-state index contributed by atoms with van der Waals surface area (Å²) in [6.45, 7) is 10.4. The van der Waals surface area contributed by atoms with Crippen LogP contribution in [0.4, 0.5) is 4.79 Å². The molecular formula is C31H43N3O5. The van der Waals surface area contributed by atoms with Gasteiger partial charge in [0.2, 0.25) is 5.91 Å². The van der Waals surface area contributed by atoms with Crippen molar-refractivity contribution < 1.29 is 23.8 Å². The Morgan fingerprint density at radius 1 is 1.18 bits per heavy atom. The zero-order chi connectivity index (χ0) is 28.3. The number of fused-ring (bicyclic) bond motifs is 3. The summed E-state index contributed by atoms with van der Waals surface area (Å²) >= 11 is 0. The van der Waals surface area contributed by atoms with Gasteiger partial charge < -0.3 is 24.0 Å². The van der Waals surface area contributed by atoms with E-state index in [1.165, 1.54) is 0 Å². The number of carbonyl (C=O) groups excluding carboxylic acids is 2. The Balaban J connectivity index is 1.60. The molecule has 2 atom stereocenters. The number of likely N-dealkylation sites (tertiary alicyclic amines) is 1. The third-order valence-corrected chi connectivity index (χ3v) is 8.43. The molecule has 2 saturated heterocycles. The third-order valence-electron chi connectivity index (χ3n) is 8.43. The Morgan fingerprint density at radius 3 is 2.51 bits per heavy atom. The van der Waals surface area contributed by atoms with Crippen LogP contribution in [0.5, 0.6) is 11.5 Å². The Labute approximate surface area is 232 Å². The first kappa shape index (κ1) is 28.6. The minimum atomic E-state index is -0.408. The number of carbonyl (C=O) groups is 2. The van der Waals surface area contributed by atoms with Gasteiger partial charge in [-0.05, 0) is 62.3 Å². The molecule has 2 fully saturated rings. The Morgan fingerprint density at radius 2 is 1.90 bits per heavy atom. The van der Waals surface area contributed by atoms with Crippen molar-refractivity contribution in [2.24, 2.45) is 11.8 Å². The van der Waals surface area contributed by atoms with Crippen LogP contribution in [0.15, 0.2) is 47.9 Å². The van der Waals surface area contributed by atoms with Gasteiger partial charge in [0.05, 0.1) is 45.1 Å². The van der Waals surface area contributed by atoms with E-state index in [0.29, 0.717) is 26.2 Å². The summed E-state index contributed by atoms with van der Waals surface area (Å²) in [7, 11) is 4.96. The van der Waals surface area contributed by atoms with E-state index in [9.17, 15) is 9.59 Å². The fourth-order valence-electron chi connectivity index (χ4n) is 6.24. The van der Waals surface area contributed by atoms with Crippen LogP contribution in [0, 0.1) is 11.8 Å². The smallest absolute Gasteiger partial charge is 0.325 e. The maximum absolute atomic E-state index is 13.9.